The van der Waals surface area contributed by atoms with Gasteiger partial charge >= 0.3 is 0 Å². The monoisotopic (exact) mass is 346 g/mol. The molecule has 0 bridgehead atoms. The van der Waals surface area contributed by atoms with E-state index in [9.17, 15) is 14.7 Å². The standard InChI is InChI=1S/C18H22N2O3S/c21-16(12-5-6-12)14-15(13-4-3-11-24-13)20(18(23)17(14)22)10-9-19-7-1-2-8-19/h3-4,11-12,15,22H,1-2,5-10H2. The molecule has 2 aliphatic heterocycles. The van der Waals surface area contributed by atoms with E-state index < -0.39 is 11.9 Å². The highest BCUT2D eigenvalue weighted by atomic mass is 32.1. The Morgan fingerprint density at radius 3 is 2.62 bits per heavy atom. The van der Waals surface area contributed by atoms with Crippen LogP contribution in [0.5, 0.6) is 0 Å². The first-order valence-electron chi connectivity index (χ1n) is 8.71. The fourth-order valence-corrected chi connectivity index (χ4v) is 4.54. The normalized spacial score (nSPS) is 25.1. The molecule has 1 saturated heterocycles. The Morgan fingerprint density at radius 2 is 2.00 bits per heavy atom. The smallest absolute Gasteiger partial charge is 0.290 e. The minimum atomic E-state index is -0.409. The molecule has 0 aromatic carbocycles. The van der Waals surface area contributed by atoms with Crippen LogP contribution < -0.4 is 0 Å². The van der Waals surface area contributed by atoms with E-state index in [0.717, 1.165) is 37.4 Å². The second-order valence-corrected chi connectivity index (χ2v) is 7.85. The van der Waals surface area contributed by atoms with Gasteiger partial charge in [-0.15, -0.1) is 11.3 Å². The van der Waals surface area contributed by atoms with Crippen LogP contribution in [0.1, 0.15) is 36.6 Å². The van der Waals surface area contributed by atoms with Crippen molar-refractivity contribution in [1.29, 1.82) is 0 Å². The third-order valence-corrected chi connectivity index (χ3v) is 6.11. The van der Waals surface area contributed by atoms with Gasteiger partial charge in [0.2, 0.25) is 0 Å². The minimum absolute atomic E-state index is 0.00376. The van der Waals surface area contributed by atoms with Gasteiger partial charge < -0.3 is 14.9 Å². The van der Waals surface area contributed by atoms with Crippen LogP contribution in [0.2, 0.25) is 0 Å². The second kappa shape index (κ2) is 6.33. The molecule has 1 N–H and O–H groups in total. The maximum absolute atomic E-state index is 12.7. The first-order valence-corrected chi connectivity index (χ1v) is 9.59. The van der Waals surface area contributed by atoms with Crippen LogP contribution in [0, 0.1) is 5.92 Å². The summed E-state index contributed by atoms with van der Waals surface area (Å²) in [7, 11) is 0. The van der Waals surface area contributed by atoms with Gasteiger partial charge in [0.05, 0.1) is 11.6 Å². The molecule has 1 saturated carbocycles. The number of likely N-dealkylation sites (tertiary alicyclic amines) is 1. The van der Waals surface area contributed by atoms with Gasteiger partial charge in [0.25, 0.3) is 5.91 Å². The predicted molar refractivity (Wildman–Crippen MR) is 91.8 cm³/mol. The summed E-state index contributed by atoms with van der Waals surface area (Å²) in [5.41, 5.74) is 0.325. The van der Waals surface area contributed by atoms with E-state index in [0.29, 0.717) is 12.1 Å². The Morgan fingerprint density at radius 1 is 1.25 bits per heavy atom. The number of carbonyl (C=O) groups excluding carboxylic acids is 2. The summed E-state index contributed by atoms with van der Waals surface area (Å²) in [6.07, 6.45) is 4.15. The lowest BCUT2D eigenvalue weighted by molar-refractivity contribution is -0.129. The third-order valence-electron chi connectivity index (χ3n) is 5.19. The number of rotatable bonds is 6. The van der Waals surface area contributed by atoms with Gasteiger partial charge in [-0.25, -0.2) is 0 Å². The summed E-state index contributed by atoms with van der Waals surface area (Å²) in [6.45, 7) is 3.48. The Kier molecular flexibility index (Phi) is 4.18. The zero-order chi connectivity index (χ0) is 16.7. The Bertz CT molecular complexity index is 672. The zero-order valence-corrected chi connectivity index (χ0v) is 14.4. The molecule has 1 atom stereocenters. The molecule has 0 spiro atoms. The molecule has 1 aromatic heterocycles. The van der Waals surface area contributed by atoms with E-state index in [1.165, 1.54) is 24.2 Å². The molecule has 1 aliphatic carbocycles. The molecule has 1 amide bonds. The van der Waals surface area contributed by atoms with Crippen molar-refractivity contribution in [3.63, 3.8) is 0 Å². The molecule has 2 fully saturated rings. The van der Waals surface area contributed by atoms with Crippen molar-refractivity contribution < 1.29 is 14.7 Å². The van der Waals surface area contributed by atoms with Gasteiger partial charge in [-0.2, -0.15) is 0 Å². The van der Waals surface area contributed by atoms with E-state index in [-0.39, 0.29) is 17.5 Å². The molecule has 3 aliphatic rings. The summed E-state index contributed by atoms with van der Waals surface area (Å²) in [5, 5.41) is 12.3. The largest absolute Gasteiger partial charge is 0.503 e. The molecule has 4 rings (SSSR count). The second-order valence-electron chi connectivity index (χ2n) is 6.87. The van der Waals surface area contributed by atoms with Crippen LogP contribution in [-0.2, 0) is 9.59 Å². The maximum atomic E-state index is 12.7. The minimum Gasteiger partial charge on any atom is -0.503 e. The summed E-state index contributed by atoms with van der Waals surface area (Å²) in [5.74, 6) is -0.762. The number of hydrogen-bond donors (Lipinski definition) is 1. The van der Waals surface area contributed by atoms with Gasteiger partial charge in [-0.3, -0.25) is 9.59 Å². The molecule has 6 heteroatoms. The van der Waals surface area contributed by atoms with E-state index in [1.54, 1.807) is 4.90 Å². The summed E-state index contributed by atoms with van der Waals surface area (Å²) in [6, 6.07) is 3.47. The van der Waals surface area contributed by atoms with Gasteiger partial charge in [0, 0.05) is 23.9 Å². The van der Waals surface area contributed by atoms with Crippen molar-refractivity contribution in [2.45, 2.75) is 31.7 Å². The lowest BCUT2D eigenvalue weighted by atomic mass is 9.99. The van der Waals surface area contributed by atoms with Gasteiger partial charge in [0.1, 0.15) is 0 Å². The maximum Gasteiger partial charge on any atom is 0.290 e. The Hall–Kier alpha value is -1.66. The fraction of sp³-hybridized carbons (Fsp3) is 0.556. The number of carbonyl (C=O) groups is 2. The summed E-state index contributed by atoms with van der Waals surface area (Å²) < 4.78 is 0. The topological polar surface area (TPSA) is 60.9 Å². The fourth-order valence-electron chi connectivity index (χ4n) is 3.70. The zero-order valence-electron chi connectivity index (χ0n) is 13.6. The highest BCUT2D eigenvalue weighted by Gasteiger charge is 2.47. The van der Waals surface area contributed by atoms with E-state index in [4.69, 9.17) is 0 Å². The van der Waals surface area contributed by atoms with E-state index in [1.807, 2.05) is 17.5 Å². The predicted octanol–water partition coefficient (Wildman–Crippen LogP) is 2.52. The van der Waals surface area contributed by atoms with Gasteiger partial charge in [-0.05, 0) is 50.2 Å². The molecule has 1 unspecified atom stereocenters. The lowest BCUT2D eigenvalue weighted by Crippen LogP contribution is -2.37. The number of ketones is 1. The first-order chi connectivity index (χ1) is 11.7. The van der Waals surface area contributed by atoms with Gasteiger partial charge in [0.15, 0.2) is 11.5 Å². The van der Waals surface area contributed by atoms with Crippen LogP contribution in [0.25, 0.3) is 0 Å². The molecule has 3 heterocycles. The number of Topliss-reactive ketones (excluding diaryl/α,β-unsaturated/α-hetero) is 1. The lowest BCUT2D eigenvalue weighted by Gasteiger charge is -2.27. The molecular formula is C18H22N2O3S. The molecule has 1 aromatic rings. The Balaban J connectivity index is 1.60. The SMILES string of the molecule is O=C(C1=C(O)C(=O)N(CCN2CCCC2)C1c1cccs1)C1CC1. The molecule has 5 nitrogen and oxygen atoms in total. The average molecular weight is 346 g/mol. The van der Waals surface area contributed by atoms with E-state index >= 15 is 0 Å². The molecule has 128 valence electrons. The molecule has 0 radical (unpaired) electrons. The Labute approximate surface area is 145 Å². The third kappa shape index (κ3) is 2.78. The molecule has 24 heavy (non-hydrogen) atoms. The van der Waals surface area contributed by atoms with Crippen molar-refractivity contribution in [3.8, 4) is 0 Å². The quantitative estimate of drug-likeness (QED) is 0.860. The van der Waals surface area contributed by atoms with Crippen molar-refractivity contribution >= 4 is 23.0 Å². The van der Waals surface area contributed by atoms with Crippen LogP contribution in [0.4, 0.5) is 0 Å². The molecular weight excluding hydrogens is 324 g/mol. The number of thiophene rings is 1. The summed E-state index contributed by atoms with van der Waals surface area (Å²) >= 11 is 1.53. The number of nitrogens with zero attached hydrogens (tertiary/aromatic N) is 2. The van der Waals surface area contributed by atoms with Crippen molar-refractivity contribution in [2.24, 2.45) is 5.92 Å². The number of amides is 1. The van der Waals surface area contributed by atoms with Gasteiger partial charge in [-0.1, -0.05) is 6.07 Å². The van der Waals surface area contributed by atoms with Crippen molar-refractivity contribution in [2.75, 3.05) is 26.2 Å². The summed E-state index contributed by atoms with van der Waals surface area (Å²) in [4.78, 5) is 30.3. The van der Waals surface area contributed by atoms with Crippen molar-refractivity contribution in [3.05, 3.63) is 33.7 Å². The number of aliphatic hydroxyl groups excluding tert-OH is 1. The van der Waals surface area contributed by atoms with Crippen LogP contribution >= 0.6 is 11.3 Å². The number of hydrogen-bond acceptors (Lipinski definition) is 5. The highest BCUT2D eigenvalue weighted by molar-refractivity contribution is 7.10. The van der Waals surface area contributed by atoms with Crippen LogP contribution in [0.3, 0.4) is 0 Å². The van der Waals surface area contributed by atoms with Crippen molar-refractivity contribution in [1.82, 2.24) is 9.80 Å². The number of aliphatic hydroxyl groups is 1. The van der Waals surface area contributed by atoms with E-state index in [2.05, 4.69) is 4.90 Å². The average Bonchev–Trinajstić information content (AvgIpc) is 2.99. The van der Waals surface area contributed by atoms with Crippen LogP contribution in [-0.4, -0.2) is 52.8 Å². The highest BCUT2D eigenvalue weighted by Crippen LogP contribution is 2.44. The van der Waals surface area contributed by atoms with Crippen LogP contribution in [0.15, 0.2) is 28.8 Å². The first kappa shape index (κ1) is 15.8.